The number of allylic oxidation sites excluding steroid dienone is 4. The second-order valence-corrected chi connectivity index (χ2v) is 17.6. The number of aliphatic hydroxyl groups is 1. The number of hydrogen-bond acceptors (Lipinski definition) is 7. The van der Waals surface area contributed by atoms with Crippen LogP contribution in [0.15, 0.2) is 23.3 Å². The molecule has 0 amide bonds. The van der Waals surface area contributed by atoms with Crippen LogP contribution in [-0.2, 0) is 28.5 Å². The molecule has 2 fully saturated rings. The van der Waals surface area contributed by atoms with Gasteiger partial charge in [-0.15, -0.1) is 0 Å². The Balaban J connectivity index is 1.59. The Hall–Kier alpha value is -1.70. The molecule has 7 heteroatoms. The Bertz CT molecular complexity index is 1070. The molecule has 7 atom stereocenters. The highest BCUT2D eigenvalue weighted by molar-refractivity contribution is 5.69. The average Bonchev–Trinajstić information content (AvgIpc) is 3.19. The van der Waals surface area contributed by atoms with E-state index in [0.29, 0.717) is 75.6 Å². The third-order valence-electron chi connectivity index (χ3n) is 12.6. The second kappa shape index (κ2) is 23.2. The van der Waals surface area contributed by atoms with Crippen molar-refractivity contribution in [2.45, 2.75) is 190 Å². The van der Waals surface area contributed by atoms with Crippen molar-refractivity contribution in [3.63, 3.8) is 0 Å². The van der Waals surface area contributed by atoms with Gasteiger partial charge in [-0.3, -0.25) is 9.59 Å². The summed E-state index contributed by atoms with van der Waals surface area (Å²) in [5.74, 6) is 1.94. The normalized spacial score (nSPS) is 26.9. The van der Waals surface area contributed by atoms with Gasteiger partial charge in [-0.2, -0.15) is 0 Å². The minimum Gasteiger partial charge on any atom is -0.466 e. The van der Waals surface area contributed by atoms with Gasteiger partial charge < -0.3 is 24.1 Å². The lowest BCUT2D eigenvalue weighted by molar-refractivity contribution is -0.164. The zero-order chi connectivity index (χ0) is 38.0. The van der Waals surface area contributed by atoms with Gasteiger partial charge in [0.05, 0.1) is 25.7 Å². The first-order valence-corrected chi connectivity index (χ1v) is 20.6. The summed E-state index contributed by atoms with van der Waals surface area (Å²) in [6.45, 7) is 24.0. The van der Waals surface area contributed by atoms with Gasteiger partial charge >= 0.3 is 11.9 Å². The van der Waals surface area contributed by atoms with Gasteiger partial charge in [0.2, 0.25) is 0 Å². The van der Waals surface area contributed by atoms with Gasteiger partial charge in [-0.25, -0.2) is 0 Å². The summed E-state index contributed by atoms with van der Waals surface area (Å²) in [7, 11) is 0. The third kappa shape index (κ3) is 16.5. The van der Waals surface area contributed by atoms with Crippen LogP contribution in [0.25, 0.3) is 0 Å². The number of carbonyl (C=O) groups excluding carboxylic acids is 2. The highest BCUT2D eigenvalue weighted by Gasteiger charge is 2.54. The van der Waals surface area contributed by atoms with Crippen LogP contribution in [-0.4, -0.2) is 55.4 Å². The molecule has 296 valence electrons. The minimum absolute atomic E-state index is 0.0472. The van der Waals surface area contributed by atoms with E-state index in [9.17, 15) is 14.7 Å². The minimum atomic E-state index is -0.399. The number of ether oxygens (including phenoxy) is 4. The predicted octanol–water partition coefficient (Wildman–Crippen LogP) is 10.9. The van der Waals surface area contributed by atoms with E-state index in [4.69, 9.17) is 18.9 Å². The van der Waals surface area contributed by atoms with Gasteiger partial charge in [0.1, 0.15) is 6.10 Å². The van der Waals surface area contributed by atoms with Gasteiger partial charge in [-0.1, -0.05) is 84.1 Å². The molecule has 1 aliphatic carbocycles. The summed E-state index contributed by atoms with van der Waals surface area (Å²) in [4.78, 5) is 25.0. The van der Waals surface area contributed by atoms with Gasteiger partial charge in [-0.05, 0) is 121 Å². The molecule has 51 heavy (non-hydrogen) atoms. The molecule has 0 aromatic rings. The number of esters is 2. The van der Waals surface area contributed by atoms with Crippen LogP contribution < -0.4 is 0 Å². The lowest BCUT2D eigenvalue weighted by atomic mass is 9.67. The second-order valence-electron chi connectivity index (χ2n) is 17.6. The molecule has 0 radical (unpaired) electrons. The van der Waals surface area contributed by atoms with Crippen molar-refractivity contribution in [1.29, 1.82) is 0 Å². The molecule has 0 aromatic carbocycles. The average molecular weight is 719 g/mol. The molecule has 0 spiro atoms. The predicted molar refractivity (Wildman–Crippen MR) is 208 cm³/mol. The highest BCUT2D eigenvalue weighted by atomic mass is 16.7. The van der Waals surface area contributed by atoms with Crippen molar-refractivity contribution in [2.24, 2.45) is 34.5 Å². The Morgan fingerprint density at radius 3 is 2.10 bits per heavy atom. The van der Waals surface area contributed by atoms with Gasteiger partial charge in [0.15, 0.2) is 6.29 Å². The zero-order valence-electron chi connectivity index (χ0n) is 34.5. The molecule has 1 heterocycles. The van der Waals surface area contributed by atoms with Crippen LogP contribution in [0.5, 0.6) is 0 Å². The largest absolute Gasteiger partial charge is 0.466 e. The first kappa shape index (κ1) is 45.5. The van der Waals surface area contributed by atoms with Crippen molar-refractivity contribution < 1.29 is 33.6 Å². The number of rotatable bonds is 20. The number of unbranched alkanes of at least 4 members (excludes halogenated alkanes) is 3. The fourth-order valence-corrected chi connectivity index (χ4v) is 7.91. The van der Waals surface area contributed by atoms with Crippen molar-refractivity contribution in [2.75, 3.05) is 19.8 Å². The fraction of sp³-hybridized carbons (Fsp3) is 0.864. The van der Waals surface area contributed by atoms with E-state index in [1.807, 2.05) is 0 Å². The summed E-state index contributed by atoms with van der Waals surface area (Å²) in [5, 5.41) is 10.4. The third-order valence-corrected chi connectivity index (χ3v) is 12.6. The Morgan fingerprint density at radius 2 is 1.45 bits per heavy atom. The number of aliphatic hydroxyl groups excluding tert-OH is 1. The lowest BCUT2D eigenvalue weighted by Gasteiger charge is -2.40. The zero-order valence-corrected chi connectivity index (χ0v) is 34.5. The van der Waals surface area contributed by atoms with Crippen LogP contribution in [0.4, 0.5) is 0 Å². The molecule has 1 saturated carbocycles. The van der Waals surface area contributed by atoms with Crippen molar-refractivity contribution in [3.8, 4) is 0 Å². The summed E-state index contributed by atoms with van der Waals surface area (Å²) in [6.07, 6.45) is 17.1. The van der Waals surface area contributed by atoms with Gasteiger partial charge in [0, 0.05) is 24.9 Å². The molecule has 6 unspecified atom stereocenters. The molecule has 1 aliphatic heterocycles. The molecule has 7 nitrogen and oxygen atoms in total. The maximum absolute atomic E-state index is 12.5. The van der Waals surface area contributed by atoms with Crippen molar-refractivity contribution in [3.05, 3.63) is 23.3 Å². The van der Waals surface area contributed by atoms with E-state index in [1.165, 1.54) is 17.6 Å². The van der Waals surface area contributed by atoms with Crippen molar-refractivity contribution in [1.82, 2.24) is 0 Å². The summed E-state index contributed by atoms with van der Waals surface area (Å²) in [5.41, 5.74) is 2.82. The number of hydrogen-bond donors (Lipinski definition) is 1. The van der Waals surface area contributed by atoms with E-state index < -0.39 is 6.10 Å². The number of carbonyl (C=O) groups is 2. The van der Waals surface area contributed by atoms with Crippen LogP contribution in [0.1, 0.15) is 172 Å². The Kier molecular flexibility index (Phi) is 20.6. The summed E-state index contributed by atoms with van der Waals surface area (Å²) in [6, 6.07) is 0. The molecule has 1 saturated heterocycles. The lowest BCUT2D eigenvalue weighted by Crippen LogP contribution is -2.38. The molecule has 0 bridgehead atoms. The molecular formula is C44H78O7. The Labute approximate surface area is 313 Å². The first-order chi connectivity index (χ1) is 24.0. The SMILES string of the molecule is CC(C)=CCCC1CCOC(CCC(=O)OCCCCCCC(O)CCCC(=O)O[C@@H]2CC(C)C(C)(C)C2(C)C)OCCC(C)C1CC=C(C)C. The topological polar surface area (TPSA) is 91.3 Å². The van der Waals surface area contributed by atoms with E-state index in [0.717, 1.165) is 64.2 Å². The van der Waals surface area contributed by atoms with Crippen LogP contribution in [0.3, 0.4) is 0 Å². The standard InChI is InChI=1S/C44H78O7/c1-32(2)17-15-18-36-27-30-50-42(49-29-26-34(5)38(36)23-22-33(3)4)25-24-40(46)48-28-14-12-11-13-19-37(45)20-16-21-41(47)51-39-31-35(6)43(7,8)44(39,9)10/h17,22,34-39,42,45H,11-16,18-21,23-31H2,1-10H3/t34?,35?,36?,37?,38?,39-,42?/m1/s1. The fourth-order valence-electron chi connectivity index (χ4n) is 7.91. The maximum Gasteiger partial charge on any atom is 0.306 e. The van der Waals surface area contributed by atoms with E-state index in [-0.39, 0.29) is 35.2 Å². The molecule has 2 aliphatic rings. The quantitative estimate of drug-likeness (QED) is 0.0761. The van der Waals surface area contributed by atoms with Crippen LogP contribution in [0.2, 0.25) is 0 Å². The Morgan fingerprint density at radius 1 is 0.804 bits per heavy atom. The highest BCUT2D eigenvalue weighted by Crippen LogP contribution is 2.56. The van der Waals surface area contributed by atoms with E-state index in [1.54, 1.807) is 0 Å². The molecule has 2 rings (SSSR count). The van der Waals surface area contributed by atoms with E-state index >= 15 is 0 Å². The summed E-state index contributed by atoms with van der Waals surface area (Å²) >= 11 is 0. The monoisotopic (exact) mass is 719 g/mol. The van der Waals surface area contributed by atoms with Gasteiger partial charge in [0.25, 0.3) is 0 Å². The first-order valence-electron chi connectivity index (χ1n) is 20.6. The summed E-state index contributed by atoms with van der Waals surface area (Å²) < 4.78 is 23.8. The maximum atomic E-state index is 12.5. The molecular weight excluding hydrogens is 640 g/mol. The molecule has 1 N–H and O–H groups in total. The van der Waals surface area contributed by atoms with E-state index in [2.05, 4.69) is 81.4 Å². The molecule has 0 aromatic heterocycles. The van der Waals surface area contributed by atoms with Crippen molar-refractivity contribution >= 4 is 11.9 Å². The smallest absolute Gasteiger partial charge is 0.306 e. The van der Waals surface area contributed by atoms with Crippen LogP contribution >= 0.6 is 0 Å². The van der Waals surface area contributed by atoms with Crippen LogP contribution in [0, 0.1) is 34.5 Å².